The van der Waals surface area contributed by atoms with Gasteiger partial charge >= 0.3 is 0 Å². The number of hydrogen-bond donors (Lipinski definition) is 3. The molecule has 1 aromatic carbocycles. The summed E-state index contributed by atoms with van der Waals surface area (Å²) in [6, 6.07) is 7.23. The molecule has 0 atom stereocenters. The van der Waals surface area contributed by atoms with Gasteiger partial charge < -0.3 is 21.6 Å². The van der Waals surface area contributed by atoms with E-state index in [1.54, 1.807) is 18.4 Å². The molecule has 2 aromatic rings. The maximum atomic E-state index is 5.84. The number of anilines is 2. The van der Waals surface area contributed by atoms with Gasteiger partial charge in [-0.05, 0) is 24.3 Å². The largest absolute Gasteiger partial charge is 0.467 e. The second-order valence-corrected chi connectivity index (χ2v) is 3.35. The molecule has 0 amide bonds. The van der Waals surface area contributed by atoms with E-state index in [0.717, 1.165) is 16.9 Å². The lowest BCUT2D eigenvalue weighted by Crippen LogP contribution is -1.93. The van der Waals surface area contributed by atoms with Crippen LogP contribution in [0.3, 0.4) is 0 Å². The van der Waals surface area contributed by atoms with Gasteiger partial charge in [-0.25, -0.2) is 0 Å². The molecule has 6 N–H and O–H groups in total. The van der Waals surface area contributed by atoms with Crippen molar-refractivity contribution in [3.05, 3.63) is 36.3 Å². The topological polar surface area (TPSA) is 91.2 Å². The third-order valence-electron chi connectivity index (χ3n) is 2.24. The first kappa shape index (κ1) is 9.61. The van der Waals surface area contributed by atoms with Crippen molar-refractivity contribution in [3.63, 3.8) is 0 Å². The number of benzene rings is 1. The summed E-state index contributed by atoms with van der Waals surface area (Å²) in [6.45, 7) is 0.377. The predicted octanol–water partition coefficient (Wildman–Crippen LogP) is 1.57. The lowest BCUT2D eigenvalue weighted by atomic mass is 10.1. The van der Waals surface area contributed by atoms with Gasteiger partial charge in [0.15, 0.2) is 0 Å². The Labute approximate surface area is 87.7 Å². The van der Waals surface area contributed by atoms with E-state index in [-0.39, 0.29) is 0 Å². The van der Waals surface area contributed by atoms with E-state index < -0.39 is 0 Å². The molecule has 4 heteroatoms. The Morgan fingerprint density at radius 1 is 1.13 bits per heavy atom. The number of rotatable bonds is 2. The first-order chi connectivity index (χ1) is 7.20. The second-order valence-electron chi connectivity index (χ2n) is 3.35. The van der Waals surface area contributed by atoms with Crippen LogP contribution in [0.15, 0.2) is 34.9 Å². The van der Waals surface area contributed by atoms with E-state index in [9.17, 15) is 0 Å². The van der Waals surface area contributed by atoms with E-state index in [4.69, 9.17) is 21.6 Å². The van der Waals surface area contributed by atoms with Crippen molar-refractivity contribution in [1.82, 2.24) is 0 Å². The van der Waals surface area contributed by atoms with Crippen molar-refractivity contribution in [2.45, 2.75) is 6.54 Å². The van der Waals surface area contributed by atoms with Crippen LogP contribution in [0.4, 0.5) is 11.4 Å². The second kappa shape index (κ2) is 3.67. The Kier molecular flexibility index (Phi) is 2.35. The fourth-order valence-electron chi connectivity index (χ4n) is 1.45. The van der Waals surface area contributed by atoms with Crippen molar-refractivity contribution in [1.29, 1.82) is 0 Å². The summed E-state index contributed by atoms with van der Waals surface area (Å²) in [5.74, 6) is 0.729. The standard InChI is InChI=1S/C11H13N3O/c12-5-9-3-7(6-15-9)10-4-8(13)1-2-11(10)14/h1-4,6H,5,12-14H2. The molecule has 0 aliphatic heterocycles. The van der Waals surface area contributed by atoms with Crippen LogP contribution in [0.2, 0.25) is 0 Å². The summed E-state index contributed by atoms with van der Waals surface area (Å²) >= 11 is 0. The lowest BCUT2D eigenvalue weighted by Gasteiger charge is -2.03. The van der Waals surface area contributed by atoms with Gasteiger partial charge in [-0.15, -0.1) is 0 Å². The van der Waals surface area contributed by atoms with Gasteiger partial charge in [-0.1, -0.05) is 0 Å². The third-order valence-corrected chi connectivity index (χ3v) is 2.24. The van der Waals surface area contributed by atoms with Crippen LogP contribution in [-0.4, -0.2) is 0 Å². The first-order valence-corrected chi connectivity index (χ1v) is 4.63. The van der Waals surface area contributed by atoms with Crippen LogP contribution in [0.1, 0.15) is 5.76 Å². The summed E-state index contributed by atoms with van der Waals surface area (Å²) in [4.78, 5) is 0. The zero-order valence-corrected chi connectivity index (χ0v) is 8.23. The third kappa shape index (κ3) is 1.80. The highest BCUT2D eigenvalue weighted by Crippen LogP contribution is 2.29. The summed E-state index contributed by atoms with van der Waals surface area (Å²) in [7, 11) is 0. The monoisotopic (exact) mass is 203 g/mol. The van der Waals surface area contributed by atoms with Crippen LogP contribution < -0.4 is 17.2 Å². The highest BCUT2D eigenvalue weighted by atomic mass is 16.3. The molecule has 0 fully saturated rings. The number of furan rings is 1. The van der Waals surface area contributed by atoms with Gasteiger partial charge in [0, 0.05) is 22.5 Å². The van der Waals surface area contributed by atoms with Gasteiger partial charge in [-0.3, -0.25) is 0 Å². The van der Waals surface area contributed by atoms with Crippen LogP contribution in [0.5, 0.6) is 0 Å². The molecule has 2 rings (SSSR count). The molecule has 15 heavy (non-hydrogen) atoms. The Morgan fingerprint density at radius 2 is 1.93 bits per heavy atom. The molecule has 1 heterocycles. The van der Waals surface area contributed by atoms with E-state index in [1.165, 1.54) is 0 Å². The van der Waals surface area contributed by atoms with Crippen molar-refractivity contribution in [2.75, 3.05) is 11.5 Å². The highest BCUT2D eigenvalue weighted by molar-refractivity contribution is 5.78. The quantitative estimate of drug-likeness (QED) is 0.646. The lowest BCUT2D eigenvalue weighted by molar-refractivity contribution is 0.513. The average Bonchev–Trinajstić information content (AvgIpc) is 2.70. The van der Waals surface area contributed by atoms with Crippen LogP contribution in [0, 0.1) is 0 Å². The molecule has 0 saturated carbocycles. The van der Waals surface area contributed by atoms with Crippen molar-refractivity contribution >= 4 is 11.4 Å². The minimum atomic E-state index is 0.377. The Hall–Kier alpha value is -1.94. The first-order valence-electron chi connectivity index (χ1n) is 4.63. The predicted molar refractivity (Wildman–Crippen MR) is 60.9 cm³/mol. The van der Waals surface area contributed by atoms with Gasteiger partial charge in [0.05, 0.1) is 12.8 Å². The molecule has 0 bridgehead atoms. The van der Waals surface area contributed by atoms with E-state index in [2.05, 4.69) is 0 Å². The van der Waals surface area contributed by atoms with Crippen molar-refractivity contribution in [2.24, 2.45) is 5.73 Å². The number of hydrogen-bond acceptors (Lipinski definition) is 4. The molecule has 0 radical (unpaired) electrons. The fourth-order valence-corrected chi connectivity index (χ4v) is 1.45. The molecule has 78 valence electrons. The SMILES string of the molecule is NCc1cc(-c2cc(N)ccc2N)co1. The molecule has 0 saturated heterocycles. The smallest absolute Gasteiger partial charge is 0.117 e. The average molecular weight is 203 g/mol. The Balaban J connectivity index is 2.48. The summed E-state index contributed by atoms with van der Waals surface area (Å²) < 4.78 is 5.24. The molecular formula is C11H13N3O. The summed E-state index contributed by atoms with van der Waals surface area (Å²) in [5.41, 5.74) is 20.1. The van der Waals surface area contributed by atoms with E-state index in [0.29, 0.717) is 17.9 Å². The number of nitrogen functional groups attached to an aromatic ring is 2. The zero-order chi connectivity index (χ0) is 10.8. The van der Waals surface area contributed by atoms with Gasteiger partial charge in [0.2, 0.25) is 0 Å². The summed E-state index contributed by atoms with van der Waals surface area (Å²) in [6.07, 6.45) is 1.63. The van der Waals surface area contributed by atoms with Crippen molar-refractivity contribution in [3.8, 4) is 11.1 Å². The van der Waals surface area contributed by atoms with Crippen LogP contribution in [0.25, 0.3) is 11.1 Å². The maximum Gasteiger partial charge on any atom is 0.117 e. The highest BCUT2D eigenvalue weighted by Gasteiger charge is 2.06. The van der Waals surface area contributed by atoms with Crippen molar-refractivity contribution < 1.29 is 4.42 Å². The van der Waals surface area contributed by atoms with E-state index in [1.807, 2.05) is 12.1 Å². The Bertz CT molecular complexity index is 476. The van der Waals surface area contributed by atoms with Gasteiger partial charge in [0.25, 0.3) is 0 Å². The summed E-state index contributed by atoms with van der Waals surface area (Å²) in [5, 5.41) is 0. The minimum absolute atomic E-state index is 0.377. The molecule has 0 aliphatic carbocycles. The normalized spacial score (nSPS) is 10.5. The van der Waals surface area contributed by atoms with Gasteiger partial charge in [0.1, 0.15) is 5.76 Å². The molecule has 0 unspecified atom stereocenters. The minimum Gasteiger partial charge on any atom is -0.467 e. The Morgan fingerprint density at radius 3 is 2.60 bits per heavy atom. The van der Waals surface area contributed by atoms with Crippen LogP contribution in [-0.2, 0) is 6.54 Å². The van der Waals surface area contributed by atoms with E-state index >= 15 is 0 Å². The maximum absolute atomic E-state index is 5.84. The van der Waals surface area contributed by atoms with Gasteiger partial charge in [-0.2, -0.15) is 0 Å². The molecule has 1 aromatic heterocycles. The molecule has 4 nitrogen and oxygen atoms in total. The number of nitrogens with two attached hydrogens (primary N) is 3. The zero-order valence-electron chi connectivity index (χ0n) is 8.23. The fraction of sp³-hybridized carbons (Fsp3) is 0.0909. The molecule has 0 aliphatic rings. The molecule has 0 spiro atoms. The van der Waals surface area contributed by atoms with Crippen LogP contribution >= 0.6 is 0 Å². The molecular weight excluding hydrogens is 190 g/mol.